The molecule has 0 radical (unpaired) electrons. The number of nitrogens with one attached hydrogen (secondary N) is 1. The van der Waals surface area contributed by atoms with E-state index in [0.717, 1.165) is 5.82 Å². The van der Waals surface area contributed by atoms with Gasteiger partial charge in [0.25, 0.3) is 5.91 Å². The molecule has 152 valence electrons. The highest BCUT2D eigenvalue weighted by atomic mass is 35.5. The van der Waals surface area contributed by atoms with Crippen molar-refractivity contribution in [3.63, 3.8) is 0 Å². The fraction of sp³-hybridized carbons (Fsp3) is 0.588. The molecule has 10 heteroatoms. The number of nitrogens with zero attached hydrogens (tertiary/aromatic N) is 3. The average Bonchev–Trinajstić information content (AvgIpc) is 3.09. The molecule has 0 aliphatic carbocycles. The fourth-order valence-electron chi connectivity index (χ4n) is 3.17. The summed E-state index contributed by atoms with van der Waals surface area (Å²) in [6.07, 6.45) is 1.73. The van der Waals surface area contributed by atoms with Crippen LogP contribution in [-0.4, -0.2) is 73.3 Å². The van der Waals surface area contributed by atoms with Crippen molar-refractivity contribution in [1.29, 1.82) is 0 Å². The fourth-order valence-corrected chi connectivity index (χ4v) is 3.17. The van der Waals surface area contributed by atoms with E-state index < -0.39 is 17.5 Å². The van der Waals surface area contributed by atoms with Gasteiger partial charge in [0.15, 0.2) is 0 Å². The minimum atomic E-state index is -1.76. The molecule has 2 aliphatic rings. The number of hydrogen-bond acceptors (Lipinski definition) is 6. The lowest BCUT2D eigenvalue weighted by molar-refractivity contribution is -0.143. The van der Waals surface area contributed by atoms with E-state index in [4.69, 9.17) is 4.74 Å². The standard InChI is InChI=1S/C17H23FN4O3.2ClH/c1-2-25-15(23)13-3-4-14(20-11-13)21-7-9-22(10-8-21)16(24)17(18)5-6-19-12-17;;/h3-4,11,19H,2,5-10,12H2,1H3;2*1H. The van der Waals surface area contributed by atoms with E-state index in [1.165, 1.54) is 6.20 Å². The predicted octanol–water partition coefficient (Wildman–Crippen LogP) is 1.45. The van der Waals surface area contributed by atoms with E-state index in [-0.39, 0.29) is 37.8 Å². The molecular weight excluding hydrogens is 398 g/mol. The van der Waals surface area contributed by atoms with Crippen LogP contribution in [0.5, 0.6) is 0 Å². The van der Waals surface area contributed by atoms with Gasteiger partial charge in [-0.25, -0.2) is 14.2 Å². The summed E-state index contributed by atoms with van der Waals surface area (Å²) in [5.41, 5.74) is -1.35. The minimum Gasteiger partial charge on any atom is -0.462 e. The van der Waals surface area contributed by atoms with Crippen molar-refractivity contribution >= 4 is 42.5 Å². The molecule has 27 heavy (non-hydrogen) atoms. The summed E-state index contributed by atoms with van der Waals surface area (Å²) in [6, 6.07) is 3.44. The Morgan fingerprint density at radius 1 is 1.26 bits per heavy atom. The van der Waals surface area contributed by atoms with E-state index in [1.54, 1.807) is 24.0 Å². The molecule has 0 aromatic carbocycles. The zero-order chi connectivity index (χ0) is 17.9. The van der Waals surface area contributed by atoms with Crippen LogP contribution in [0.2, 0.25) is 0 Å². The van der Waals surface area contributed by atoms with Crippen molar-refractivity contribution in [3.8, 4) is 0 Å². The first-order chi connectivity index (χ1) is 12.0. The molecule has 1 aromatic heterocycles. The Balaban J connectivity index is 0.00000182. The first-order valence-corrected chi connectivity index (χ1v) is 8.60. The molecule has 1 N–H and O–H groups in total. The van der Waals surface area contributed by atoms with Crippen LogP contribution >= 0.6 is 24.8 Å². The number of amides is 1. The number of pyridine rings is 1. The zero-order valence-electron chi connectivity index (χ0n) is 15.1. The second kappa shape index (κ2) is 10.1. The van der Waals surface area contributed by atoms with Crippen molar-refractivity contribution in [3.05, 3.63) is 23.9 Å². The molecule has 1 aromatic rings. The second-order valence-corrected chi connectivity index (χ2v) is 6.30. The van der Waals surface area contributed by atoms with E-state index >= 15 is 0 Å². The molecular formula is C17H25Cl2FN4O3. The monoisotopic (exact) mass is 422 g/mol. The summed E-state index contributed by atoms with van der Waals surface area (Å²) in [5.74, 6) is -0.0733. The van der Waals surface area contributed by atoms with Gasteiger partial charge in [0, 0.05) is 45.3 Å². The molecule has 1 amide bonds. The lowest BCUT2D eigenvalue weighted by atomic mass is 10.0. The van der Waals surface area contributed by atoms with Crippen LogP contribution in [0.4, 0.5) is 10.2 Å². The first kappa shape index (κ1) is 23.4. The van der Waals surface area contributed by atoms with Crippen LogP contribution in [0.1, 0.15) is 23.7 Å². The molecule has 0 spiro atoms. The normalized spacial score (nSPS) is 21.9. The van der Waals surface area contributed by atoms with Crippen molar-refractivity contribution in [1.82, 2.24) is 15.2 Å². The van der Waals surface area contributed by atoms with Crippen LogP contribution in [0, 0.1) is 0 Å². The smallest absolute Gasteiger partial charge is 0.339 e. The Hall–Kier alpha value is -1.64. The summed E-state index contributed by atoms with van der Waals surface area (Å²) in [4.78, 5) is 31.9. The molecule has 2 aliphatic heterocycles. The Bertz CT molecular complexity index is 634. The second-order valence-electron chi connectivity index (χ2n) is 6.30. The molecule has 7 nitrogen and oxygen atoms in total. The van der Waals surface area contributed by atoms with Gasteiger partial charge in [0.1, 0.15) is 5.82 Å². The summed E-state index contributed by atoms with van der Waals surface area (Å²) >= 11 is 0. The van der Waals surface area contributed by atoms with Gasteiger partial charge >= 0.3 is 5.97 Å². The van der Waals surface area contributed by atoms with Crippen LogP contribution in [0.15, 0.2) is 18.3 Å². The topological polar surface area (TPSA) is 74.8 Å². The lowest BCUT2D eigenvalue weighted by Gasteiger charge is -2.37. The Morgan fingerprint density at radius 2 is 1.96 bits per heavy atom. The quantitative estimate of drug-likeness (QED) is 0.740. The van der Waals surface area contributed by atoms with Crippen molar-refractivity contribution in [2.24, 2.45) is 0 Å². The van der Waals surface area contributed by atoms with Crippen LogP contribution < -0.4 is 10.2 Å². The molecule has 1 atom stereocenters. The summed E-state index contributed by atoms with van der Waals surface area (Å²) in [6.45, 7) is 4.81. The number of carbonyl (C=O) groups excluding carboxylic acids is 2. The number of anilines is 1. The summed E-state index contributed by atoms with van der Waals surface area (Å²) < 4.78 is 19.5. The summed E-state index contributed by atoms with van der Waals surface area (Å²) in [7, 11) is 0. The highest BCUT2D eigenvalue weighted by Gasteiger charge is 2.44. The van der Waals surface area contributed by atoms with E-state index in [9.17, 15) is 14.0 Å². The first-order valence-electron chi connectivity index (χ1n) is 8.60. The molecule has 0 saturated carbocycles. The van der Waals surface area contributed by atoms with Crippen molar-refractivity contribution < 1.29 is 18.7 Å². The molecule has 3 heterocycles. The third-order valence-electron chi connectivity index (χ3n) is 4.64. The number of ether oxygens (including phenoxy) is 1. The Kier molecular flexibility index (Phi) is 8.71. The van der Waals surface area contributed by atoms with Gasteiger partial charge in [-0.3, -0.25) is 4.79 Å². The van der Waals surface area contributed by atoms with Gasteiger partial charge in [-0.15, -0.1) is 24.8 Å². The Morgan fingerprint density at radius 3 is 2.48 bits per heavy atom. The number of esters is 1. The molecule has 2 fully saturated rings. The van der Waals surface area contributed by atoms with E-state index in [0.29, 0.717) is 44.9 Å². The van der Waals surface area contributed by atoms with Crippen molar-refractivity contribution in [2.45, 2.75) is 19.0 Å². The van der Waals surface area contributed by atoms with Gasteiger partial charge < -0.3 is 19.9 Å². The van der Waals surface area contributed by atoms with Crippen molar-refractivity contribution in [2.75, 3.05) is 50.8 Å². The highest BCUT2D eigenvalue weighted by molar-refractivity contribution is 5.89. The molecule has 3 rings (SSSR count). The number of carbonyl (C=O) groups is 2. The van der Waals surface area contributed by atoms with Gasteiger partial charge in [-0.1, -0.05) is 0 Å². The third kappa shape index (κ3) is 5.21. The molecule has 2 saturated heterocycles. The SMILES string of the molecule is CCOC(=O)c1ccc(N2CCN(C(=O)C3(F)CCNC3)CC2)nc1.Cl.Cl. The largest absolute Gasteiger partial charge is 0.462 e. The Labute approximate surface area is 170 Å². The molecule has 0 bridgehead atoms. The number of rotatable bonds is 4. The number of alkyl halides is 1. The third-order valence-corrected chi connectivity index (χ3v) is 4.64. The number of piperazine rings is 1. The number of aromatic nitrogens is 1. The predicted molar refractivity (Wildman–Crippen MR) is 105 cm³/mol. The van der Waals surface area contributed by atoms with Gasteiger partial charge in [0.05, 0.1) is 12.2 Å². The van der Waals surface area contributed by atoms with Gasteiger partial charge in [0.2, 0.25) is 5.67 Å². The van der Waals surface area contributed by atoms with Crippen LogP contribution in [0.3, 0.4) is 0 Å². The maximum absolute atomic E-state index is 14.6. The summed E-state index contributed by atoms with van der Waals surface area (Å²) in [5, 5.41) is 2.91. The van der Waals surface area contributed by atoms with Crippen LogP contribution in [-0.2, 0) is 9.53 Å². The average molecular weight is 423 g/mol. The molecule has 1 unspecified atom stereocenters. The lowest BCUT2D eigenvalue weighted by Crippen LogP contribution is -2.55. The van der Waals surface area contributed by atoms with E-state index in [1.807, 2.05) is 4.90 Å². The number of hydrogen-bond donors (Lipinski definition) is 1. The minimum absolute atomic E-state index is 0. The van der Waals surface area contributed by atoms with Crippen LogP contribution in [0.25, 0.3) is 0 Å². The highest BCUT2D eigenvalue weighted by Crippen LogP contribution is 2.24. The van der Waals surface area contributed by atoms with Gasteiger partial charge in [-0.2, -0.15) is 0 Å². The van der Waals surface area contributed by atoms with E-state index in [2.05, 4.69) is 10.3 Å². The number of halogens is 3. The maximum Gasteiger partial charge on any atom is 0.339 e. The maximum atomic E-state index is 14.6. The van der Waals surface area contributed by atoms with Gasteiger partial charge in [-0.05, 0) is 25.6 Å². The zero-order valence-corrected chi connectivity index (χ0v) is 16.8.